The Kier molecular flexibility index (Phi) is 5.93. The van der Waals surface area contributed by atoms with Crippen molar-refractivity contribution in [3.8, 4) is 0 Å². The Hall–Kier alpha value is -1.10. The molecule has 0 bridgehead atoms. The largest absolute Gasteiger partial charge is 0.480 e. The summed E-state index contributed by atoms with van der Waals surface area (Å²) in [7, 11) is 0. The third kappa shape index (κ3) is 4.78. The number of hydrogen-bond donors (Lipinski definition) is 3. The number of carbonyl (C=O) groups excluding carboxylic acids is 1. The van der Waals surface area contributed by atoms with Crippen LogP contribution in [0.25, 0.3) is 0 Å². The van der Waals surface area contributed by atoms with Crippen LogP contribution in [0.3, 0.4) is 0 Å². The molecule has 0 rings (SSSR count). The van der Waals surface area contributed by atoms with Gasteiger partial charge >= 0.3 is 5.97 Å². The molecule has 0 spiro atoms. The van der Waals surface area contributed by atoms with Crippen LogP contribution in [0, 0.1) is 5.92 Å². The lowest BCUT2D eigenvalue weighted by atomic mass is 10.0. The highest BCUT2D eigenvalue weighted by molar-refractivity contribution is 5.86. The van der Waals surface area contributed by atoms with Crippen LogP contribution in [0.5, 0.6) is 0 Å². The maximum atomic E-state index is 11.5. The van der Waals surface area contributed by atoms with Gasteiger partial charge in [0, 0.05) is 0 Å². The molecule has 5 nitrogen and oxygen atoms in total. The second-order valence-corrected chi connectivity index (χ2v) is 3.96. The van der Waals surface area contributed by atoms with Gasteiger partial charge in [0.25, 0.3) is 0 Å². The molecule has 88 valence electrons. The smallest absolute Gasteiger partial charge is 0.326 e. The predicted octanol–water partition coefficient (Wildman–Crippen LogP) is 0.339. The van der Waals surface area contributed by atoms with Crippen molar-refractivity contribution in [1.82, 2.24) is 5.32 Å². The molecular weight excluding hydrogens is 196 g/mol. The molecule has 0 aliphatic carbocycles. The summed E-state index contributed by atoms with van der Waals surface area (Å²) >= 11 is 0. The number of aliphatic carboxylic acids is 1. The van der Waals surface area contributed by atoms with E-state index in [1.54, 1.807) is 0 Å². The quantitative estimate of drug-likeness (QED) is 0.597. The minimum atomic E-state index is -1.01. The Morgan fingerprint density at radius 3 is 2.27 bits per heavy atom. The molecule has 0 aliphatic heterocycles. The Balaban J connectivity index is 4.28. The maximum Gasteiger partial charge on any atom is 0.326 e. The Bertz CT molecular complexity index is 229. The molecule has 0 aromatic heterocycles. The maximum absolute atomic E-state index is 11.5. The number of amides is 1. The molecule has 1 amide bonds. The zero-order valence-corrected chi connectivity index (χ0v) is 9.49. The van der Waals surface area contributed by atoms with Gasteiger partial charge in [0.1, 0.15) is 6.04 Å². The van der Waals surface area contributed by atoms with E-state index in [1.165, 1.54) is 0 Å². The molecule has 0 heterocycles. The number of hydrogen-bond acceptors (Lipinski definition) is 3. The van der Waals surface area contributed by atoms with Crippen molar-refractivity contribution in [3.05, 3.63) is 0 Å². The number of carbonyl (C=O) groups is 2. The van der Waals surface area contributed by atoms with Crippen LogP contribution in [-0.4, -0.2) is 29.1 Å². The summed E-state index contributed by atoms with van der Waals surface area (Å²) in [6.45, 7) is 5.50. The molecule has 0 radical (unpaired) electrons. The van der Waals surface area contributed by atoms with E-state index in [9.17, 15) is 9.59 Å². The molecule has 5 heteroatoms. The first-order chi connectivity index (χ1) is 6.90. The average Bonchev–Trinajstić information content (AvgIpc) is 2.15. The first-order valence-electron chi connectivity index (χ1n) is 5.18. The summed E-state index contributed by atoms with van der Waals surface area (Å²) in [5, 5.41) is 11.3. The fraction of sp³-hybridized carbons (Fsp3) is 0.800. The van der Waals surface area contributed by atoms with E-state index in [0.29, 0.717) is 12.8 Å². The zero-order valence-electron chi connectivity index (χ0n) is 9.49. The van der Waals surface area contributed by atoms with Crippen molar-refractivity contribution in [2.24, 2.45) is 11.7 Å². The SMILES string of the molecule is CCCC(NC(=O)[C@@H](N)C(C)C)C(=O)O. The Labute approximate surface area is 90.0 Å². The van der Waals surface area contributed by atoms with E-state index in [1.807, 2.05) is 20.8 Å². The van der Waals surface area contributed by atoms with Crippen molar-refractivity contribution < 1.29 is 14.7 Å². The second kappa shape index (κ2) is 6.40. The highest BCUT2D eigenvalue weighted by Gasteiger charge is 2.23. The highest BCUT2D eigenvalue weighted by Crippen LogP contribution is 2.01. The topological polar surface area (TPSA) is 92.4 Å². The van der Waals surface area contributed by atoms with Gasteiger partial charge in [-0.3, -0.25) is 4.79 Å². The van der Waals surface area contributed by atoms with Crippen LogP contribution in [0.1, 0.15) is 33.6 Å². The minimum absolute atomic E-state index is 0.000992. The molecule has 4 N–H and O–H groups in total. The van der Waals surface area contributed by atoms with Crippen LogP contribution >= 0.6 is 0 Å². The van der Waals surface area contributed by atoms with Gasteiger partial charge in [0.15, 0.2) is 0 Å². The van der Waals surface area contributed by atoms with Crippen molar-refractivity contribution in [3.63, 3.8) is 0 Å². The average molecular weight is 216 g/mol. The fourth-order valence-corrected chi connectivity index (χ4v) is 1.12. The molecule has 15 heavy (non-hydrogen) atoms. The lowest BCUT2D eigenvalue weighted by molar-refractivity contribution is -0.142. The first-order valence-corrected chi connectivity index (χ1v) is 5.18. The highest BCUT2D eigenvalue weighted by atomic mass is 16.4. The molecule has 0 aromatic carbocycles. The van der Waals surface area contributed by atoms with Gasteiger partial charge in [0.05, 0.1) is 6.04 Å². The Morgan fingerprint density at radius 2 is 1.93 bits per heavy atom. The third-order valence-corrected chi connectivity index (χ3v) is 2.21. The molecule has 0 saturated heterocycles. The van der Waals surface area contributed by atoms with Crippen molar-refractivity contribution in [2.75, 3.05) is 0 Å². The van der Waals surface area contributed by atoms with Gasteiger partial charge in [0.2, 0.25) is 5.91 Å². The molecule has 0 fully saturated rings. The van der Waals surface area contributed by atoms with Crippen LogP contribution in [-0.2, 0) is 9.59 Å². The van der Waals surface area contributed by atoms with E-state index < -0.39 is 24.0 Å². The number of carboxylic acid groups (broad SMARTS) is 1. The number of nitrogens with one attached hydrogen (secondary N) is 1. The monoisotopic (exact) mass is 216 g/mol. The summed E-state index contributed by atoms with van der Waals surface area (Å²) in [5.41, 5.74) is 5.60. The van der Waals surface area contributed by atoms with Gasteiger partial charge in [-0.25, -0.2) is 4.79 Å². The van der Waals surface area contributed by atoms with E-state index in [-0.39, 0.29) is 5.92 Å². The van der Waals surface area contributed by atoms with E-state index in [0.717, 1.165) is 0 Å². The number of carboxylic acids is 1. The molecule has 2 atom stereocenters. The van der Waals surface area contributed by atoms with Crippen molar-refractivity contribution in [1.29, 1.82) is 0 Å². The van der Waals surface area contributed by atoms with Gasteiger partial charge in [-0.1, -0.05) is 27.2 Å². The lowest BCUT2D eigenvalue weighted by Gasteiger charge is -2.19. The van der Waals surface area contributed by atoms with Crippen LogP contribution in [0.15, 0.2) is 0 Å². The minimum Gasteiger partial charge on any atom is -0.480 e. The standard InChI is InChI=1S/C10H20N2O3/c1-4-5-7(10(14)15)12-9(13)8(11)6(2)3/h6-8H,4-5,11H2,1-3H3,(H,12,13)(H,14,15)/t7?,8-/m0/s1. The summed E-state index contributed by atoms with van der Waals surface area (Å²) in [6.07, 6.45) is 1.13. The van der Waals surface area contributed by atoms with Crippen LogP contribution in [0.2, 0.25) is 0 Å². The lowest BCUT2D eigenvalue weighted by Crippen LogP contribution is -2.50. The van der Waals surface area contributed by atoms with E-state index in [4.69, 9.17) is 10.8 Å². The van der Waals surface area contributed by atoms with Crippen LogP contribution in [0.4, 0.5) is 0 Å². The third-order valence-electron chi connectivity index (χ3n) is 2.21. The predicted molar refractivity (Wildman–Crippen MR) is 57.3 cm³/mol. The summed E-state index contributed by atoms with van der Waals surface area (Å²) in [5.74, 6) is -1.41. The van der Waals surface area contributed by atoms with Gasteiger partial charge < -0.3 is 16.2 Å². The van der Waals surface area contributed by atoms with E-state index >= 15 is 0 Å². The number of nitrogens with two attached hydrogens (primary N) is 1. The molecular formula is C10H20N2O3. The second-order valence-electron chi connectivity index (χ2n) is 3.96. The van der Waals surface area contributed by atoms with E-state index in [2.05, 4.69) is 5.32 Å². The van der Waals surface area contributed by atoms with Gasteiger partial charge in [-0.05, 0) is 12.3 Å². The zero-order chi connectivity index (χ0) is 12.0. The van der Waals surface area contributed by atoms with Crippen molar-refractivity contribution in [2.45, 2.75) is 45.7 Å². The summed E-state index contributed by atoms with van der Waals surface area (Å²) < 4.78 is 0. The van der Waals surface area contributed by atoms with Crippen molar-refractivity contribution >= 4 is 11.9 Å². The summed E-state index contributed by atoms with van der Waals surface area (Å²) in [6, 6.07) is -1.48. The Morgan fingerprint density at radius 1 is 1.40 bits per heavy atom. The van der Waals surface area contributed by atoms with Gasteiger partial charge in [-0.15, -0.1) is 0 Å². The fourth-order valence-electron chi connectivity index (χ4n) is 1.12. The summed E-state index contributed by atoms with van der Waals surface area (Å²) in [4.78, 5) is 22.2. The molecule has 0 saturated carbocycles. The number of rotatable bonds is 6. The van der Waals surface area contributed by atoms with Crippen LogP contribution < -0.4 is 11.1 Å². The molecule has 0 aromatic rings. The molecule has 1 unspecified atom stereocenters. The molecule has 0 aliphatic rings. The van der Waals surface area contributed by atoms with Gasteiger partial charge in [-0.2, -0.15) is 0 Å². The normalized spacial score (nSPS) is 14.7. The first kappa shape index (κ1) is 13.9.